The molecule has 0 radical (unpaired) electrons. The number of urea groups is 1. The summed E-state index contributed by atoms with van der Waals surface area (Å²) in [5.74, 6) is 0.109. The topological polar surface area (TPSA) is 109 Å². The average Bonchev–Trinajstić information content (AvgIpc) is 2.50. The number of aromatic nitrogens is 3. The van der Waals surface area contributed by atoms with Gasteiger partial charge in [0.2, 0.25) is 5.95 Å². The average molecular weight is 317 g/mol. The zero-order valence-electron chi connectivity index (χ0n) is 13.0. The Kier molecular flexibility index (Phi) is 5.29. The maximum atomic E-state index is 12.0. The molecule has 0 aliphatic carbocycles. The van der Waals surface area contributed by atoms with E-state index >= 15 is 0 Å². The molecule has 3 N–H and O–H groups in total. The molecule has 0 aliphatic heterocycles. The first-order valence-corrected chi connectivity index (χ1v) is 7.25. The van der Waals surface area contributed by atoms with Crippen molar-refractivity contribution in [3.8, 4) is 0 Å². The van der Waals surface area contributed by atoms with E-state index in [0.29, 0.717) is 6.54 Å². The lowest BCUT2D eigenvalue weighted by molar-refractivity contribution is 0.250. The number of carbonyl (C=O) groups excluding carboxylic acids is 1. The number of benzene rings is 1. The molecule has 0 spiro atoms. The van der Waals surface area contributed by atoms with E-state index < -0.39 is 17.4 Å². The van der Waals surface area contributed by atoms with Crippen LogP contribution in [0.3, 0.4) is 0 Å². The monoisotopic (exact) mass is 317 g/mol. The number of hydrogen-bond acceptors (Lipinski definition) is 4. The zero-order chi connectivity index (χ0) is 16.8. The van der Waals surface area contributed by atoms with E-state index in [4.69, 9.17) is 0 Å². The fourth-order valence-electron chi connectivity index (χ4n) is 1.85. The first kappa shape index (κ1) is 16.5. The Morgan fingerprint density at radius 1 is 1.26 bits per heavy atom. The first-order chi connectivity index (χ1) is 11.0. The molecule has 122 valence electrons. The lowest BCUT2D eigenvalue weighted by Gasteiger charge is -2.09. The van der Waals surface area contributed by atoms with Crippen molar-refractivity contribution >= 4 is 12.0 Å². The minimum absolute atomic E-state index is 0.113. The smallest absolute Gasteiger partial charge is 0.338 e. The van der Waals surface area contributed by atoms with E-state index in [0.717, 1.165) is 10.1 Å². The molecule has 8 nitrogen and oxygen atoms in total. The molecule has 0 saturated heterocycles. The third kappa shape index (κ3) is 4.80. The molecule has 1 heterocycles. The third-order valence-corrected chi connectivity index (χ3v) is 3.00. The fourth-order valence-corrected chi connectivity index (χ4v) is 1.85. The van der Waals surface area contributed by atoms with Crippen LogP contribution >= 0.6 is 0 Å². The highest BCUT2D eigenvalue weighted by molar-refractivity contribution is 5.87. The van der Waals surface area contributed by atoms with E-state index in [1.165, 1.54) is 0 Å². The number of rotatable bonds is 5. The molecule has 1 aromatic carbocycles. The van der Waals surface area contributed by atoms with Crippen molar-refractivity contribution < 1.29 is 4.79 Å². The van der Waals surface area contributed by atoms with Gasteiger partial charge >= 0.3 is 17.4 Å². The van der Waals surface area contributed by atoms with Crippen LogP contribution in [0.15, 0.2) is 39.9 Å². The summed E-state index contributed by atoms with van der Waals surface area (Å²) < 4.78 is 0.965. The van der Waals surface area contributed by atoms with Crippen LogP contribution in [-0.4, -0.2) is 27.1 Å². The number of nitrogens with zero attached hydrogens (tertiary/aromatic N) is 2. The van der Waals surface area contributed by atoms with Crippen LogP contribution in [0.2, 0.25) is 0 Å². The SMILES string of the molecule is CC(C)CNC(=O)Nc1nc(=O)n(Cc2ccccc2)c(=O)[nH]1. The van der Waals surface area contributed by atoms with Crippen molar-refractivity contribution in [2.75, 3.05) is 11.9 Å². The van der Waals surface area contributed by atoms with Crippen LogP contribution in [0.25, 0.3) is 0 Å². The van der Waals surface area contributed by atoms with Gasteiger partial charge in [0, 0.05) is 6.54 Å². The fraction of sp³-hybridized carbons (Fsp3) is 0.333. The summed E-state index contributed by atoms with van der Waals surface area (Å²) in [6.45, 7) is 4.49. The van der Waals surface area contributed by atoms with Crippen molar-refractivity contribution in [3.05, 3.63) is 56.9 Å². The summed E-state index contributed by atoms with van der Waals surface area (Å²) in [4.78, 5) is 41.7. The van der Waals surface area contributed by atoms with Gasteiger partial charge in [-0.25, -0.2) is 19.0 Å². The van der Waals surface area contributed by atoms with E-state index in [2.05, 4.69) is 20.6 Å². The van der Waals surface area contributed by atoms with E-state index in [-0.39, 0.29) is 18.4 Å². The van der Waals surface area contributed by atoms with Crippen molar-refractivity contribution in [3.63, 3.8) is 0 Å². The first-order valence-electron chi connectivity index (χ1n) is 7.25. The van der Waals surface area contributed by atoms with Crippen LogP contribution < -0.4 is 22.0 Å². The van der Waals surface area contributed by atoms with Gasteiger partial charge in [-0.2, -0.15) is 4.98 Å². The van der Waals surface area contributed by atoms with Gasteiger partial charge in [0.15, 0.2) is 0 Å². The zero-order valence-corrected chi connectivity index (χ0v) is 13.0. The Morgan fingerprint density at radius 2 is 1.96 bits per heavy atom. The number of nitrogens with one attached hydrogen (secondary N) is 3. The highest BCUT2D eigenvalue weighted by Gasteiger charge is 2.09. The van der Waals surface area contributed by atoms with Gasteiger partial charge in [-0.05, 0) is 11.5 Å². The Labute approximate surface area is 132 Å². The number of carbonyl (C=O) groups is 1. The second kappa shape index (κ2) is 7.39. The summed E-state index contributed by atoms with van der Waals surface area (Å²) in [6, 6.07) is 8.56. The van der Waals surface area contributed by atoms with E-state index in [1.54, 1.807) is 12.1 Å². The predicted molar refractivity (Wildman–Crippen MR) is 86.5 cm³/mol. The van der Waals surface area contributed by atoms with Gasteiger partial charge < -0.3 is 5.32 Å². The summed E-state index contributed by atoms with van der Waals surface area (Å²) >= 11 is 0. The Morgan fingerprint density at radius 3 is 2.57 bits per heavy atom. The Balaban J connectivity index is 2.13. The minimum atomic E-state index is -0.725. The molecule has 8 heteroatoms. The molecule has 2 rings (SSSR count). The number of amides is 2. The second-order valence-electron chi connectivity index (χ2n) is 5.47. The summed E-state index contributed by atoms with van der Waals surface area (Å²) in [7, 11) is 0. The number of anilines is 1. The molecule has 0 aliphatic rings. The van der Waals surface area contributed by atoms with Crippen LogP contribution in [-0.2, 0) is 6.54 Å². The molecule has 2 aromatic rings. The van der Waals surface area contributed by atoms with E-state index in [1.807, 2.05) is 32.0 Å². The maximum Gasteiger partial charge on any atom is 0.355 e. The highest BCUT2D eigenvalue weighted by Crippen LogP contribution is 1.99. The van der Waals surface area contributed by atoms with Crippen LogP contribution in [0, 0.1) is 5.92 Å². The number of aromatic amines is 1. The molecular weight excluding hydrogens is 298 g/mol. The van der Waals surface area contributed by atoms with Crippen molar-refractivity contribution in [1.29, 1.82) is 0 Å². The van der Waals surface area contributed by atoms with E-state index in [9.17, 15) is 14.4 Å². The van der Waals surface area contributed by atoms with Gasteiger partial charge in [-0.15, -0.1) is 0 Å². The predicted octanol–water partition coefficient (Wildman–Crippen LogP) is 0.757. The molecule has 0 fully saturated rings. The Hall–Kier alpha value is -2.90. The van der Waals surface area contributed by atoms with Gasteiger partial charge in [0.25, 0.3) is 0 Å². The van der Waals surface area contributed by atoms with Crippen LogP contribution in [0.5, 0.6) is 0 Å². The molecule has 0 saturated carbocycles. The normalized spacial score (nSPS) is 10.6. The summed E-state index contributed by atoms with van der Waals surface area (Å²) in [5.41, 5.74) is -0.554. The maximum absolute atomic E-state index is 12.0. The van der Waals surface area contributed by atoms with Crippen molar-refractivity contribution in [1.82, 2.24) is 19.9 Å². The molecule has 0 bridgehead atoms. The Bertz CT molecular complexity index is 748. The van der Waals surface area contributed by atoms with Crippen LogP contribution in [0.4, 0.5) is 10.7 Å². The molecule has 1 aromatic heterocycles. The van der Waals surface area contributed by atoms with Crippen molar-refractivity contribution in [2.45, 2.75) is 20.4 Å². The quantitative estimate of drug-likeness (QED) is 0.756. The standard InChI is InChI=1S/C15H19N5O3/c1-10(2)8-16-13(21)17-12-18-14(22)20(15(23)19-12)9-11-6-4-3-5-7-11/h3-7,10H,8-9H2,1-2H3,(H3,16,17,18,19,21,22,23). The molecule has 23 heavy (non-hydrogen) atoms. The van der Waals surface area contributed by atoms with Gasteiger partial charge in [-0.1, -0.05) is 44.2 Å². The van der Waals surface area contributed by atoms with Gasteiger partial charge in [0.05, 0.1) is 6.54 Å². The number of H-pyrrole nitrogens is 1. The third-order valence-electron chi connectivity index (χ3n) is 3.00. The molecule has 0 atom stereocenters. The molecule has 0 unspecified atom stereocenters. The van der Waals surface area contributed by atoms with Crippen LogP contribution in [0.1, 0.15) is 19.4 Å². The lowest BCUT2D eigenvalue weighted by atomic mass is 10.2. The highest BCUT2D eigenvalue weighted by atomic mass is 16.2. The summed E-state index contributed by atoms with van der Waals surface area (Å²) in [5, 5.41) is 4.94. The molecular formula is C15H19N5O3. The lowest BCUT2D eigenvalue weighted by Crippen LogP contribution is -2.40. The van der Waals surface area contributed by atoms with Gasteiger partial charge in [0.1, 0.15) is 0 Å². The minimum Gasteiger partial charge on any atom is -0.338 e. The second-order valence-corrected chi connectivity index (χ2v) is 5.47. The molecule has 2 amide bonds. The van der Waals surface area contributed by atoms with Crippen molar-refractivity contribution in [2.24, 2.45) is 5.92 Å². The summed E-state index contributed by atoms with van der Waals surface area (Å²) in [6.07, 6.45) is 0. The number of hydrogen-bond donors (Lipinski definition) is 3. The largest absolute Gasteiger partial charge is 0.355 e. The van der Waals surface area contributed by atoms with Gasteiger partial charge in [-0.3, -0.25) is 10.3 Å².